The molecule has 0 saturated heterocycles. The minimum atomic E-state index is 0.190. The van der Waals surface area contributed by atoms with Crippen molar-refractivity contribution >= 4 is 5.91 Å². The lowest BCUT2D eigenvalue weighted by Crippen LogP contribution is -2.39. The van der Waals surface area contributed by atoms with E-state index in [1.807, 2.05) is 24.1 Å². The van der Waals surface area contributed by atoms with Gasteiger partial charge >= 0.3 is 0 Å². The van der Waals surface area contributed by atoms with Crippen LogP contribution in [-0.4, -0.2) is 23.9 Å². The third-order valence-corrected chi connectivity index (χ3v) is 5.02. The van der Waals surface area contributed by atoms with Gasteiger partial charge < -0.3 is 4.90 Å². The number of likely N-dealkylation sites (N-methyl/N-ethyl adjacent to an activating group) is 1. The molecule has 0 aliphatic heterocycles. The number of nitrogens with zero attached hydrogens (tertiary/aromatic N) is 1. The third kappa shape index (κ3) is 3.32. The molecule has 1 aromatic rings. The topological polar surface area (TPSA) is 20.3 Å². The van der Waals surface area contributed by atoms with Gasteiger partial charge in [0.05, 0.1) is 0 Å². The van der Waals surface area contributed by atoms with Crippen LogP contribution in [0.5, 0.6) is 0 Å². The number of amides is 1. The van der Waals surface area contributed by atoms with Crippen LogP contribution in [0.25, 0.3) is 0 Å². The van der Waals surface area contributed by atoms with Gasteiger partial charge in [-0.1, -0.05) is 67.8 Å². The van der Waals surface area contributed by atoms with Crippen molar-refractivity contribution in [2.45, 2.75) is 50.5 Å². The maximum atomic E-state index is 12.6. The van der Waals surface area contributed by atoms with Gasteiger partial charge in [0.2, 0.25) is 0 Å². The minimum absolute atomic E-state index is 0.190. The largest absolute Gasteiger partial charge is 0.339 e. The zero-order chi connectivity index (χ0) is 15.4. The summed E-state index contributed by atoms with van der Waals surface area (Å²) in [4.78, 5) is 14.6. The molecule has 0 radical (unpaired) electrons. The van der Waals surface area contributed by atoms with Gasteiger partial charge in [-0.15, -0.1) is 0 Å². The Morgan fingerprint density at radius 2 is 1.82 bits per heavy atom. The molecule has 1 unspecified atom stereocenters. The van der Waals surface area contributed by atoms with Crippen molar-refractivity contribution in [1.82, 2.24) is 4.90 Å². The molecule has 1 amide bonds. The van der Waals surface area contributed by atoms with Crippen LogP contribution < -0.4 is 0 Å². The van der Waals surface area contributed by atoms with Crippen molar-refractivity contribution in [2.24, 2.45) is 0 Å². The SMILES string of the molecule is CN(C(=O)C1=CCC(c2ccccc2)C=C1)C1CCCCC1. The number of benzene rings is 1. The van der Waals surface area contributed by atoms with Gasteiger partial charge in [0.1, 0.15) is 0 Å². The zero-order valence-corrected chi connectivity index (χ0v) is 13.4. The van der Waals surface area contributed by atoms with Gasteiger partial charge in [0.15, 0.2) is 0 Å². The van der Waals surface area contributed by atoms with E-state index in [2.05, 4.69) is 36.4 Å². The summed E-state index contributed by atoms with van der Waals surface area (Å²) in [5, 5.41) is 0. The summed E-state index contributed by atoms with van der Waals surface area (Å²) < 4.78 is 0. The first kappa shape index (κ1) is 15.1. The Morgan fingerprint density at radius 1 is 1.09 bits per heavy atom. The lowest BCUT2D eigenvalue weighted by Gasteiger charge is -2.32. The lowest BCUT2D eigenvalue weighted by atomic mass is 9.89. The fraction of sp³-hybridized carbons (Fsp3) is 0.450. The molecular formula is C20H25NO. The molecule has 0 bridgehead atoms. The maximum absolute atomic E-state index is 12.6. The van der Waals surface area contributed by atoms with Crippen LogP contribution in [0, 0.1) is 0 Å². The van der Waals surface area contributed by atoms with Crippen LogP contribution >= 0.6 is 0 Å². The van der Waals surface area contributed by atoms with E-state index in [1.54, 1.807) is 0 Å². The molecule has 0 aromatic heterocycles. The Bertz CT molecular complexity index is 567. The molecule has 2 heteroatoms. The highest BCUT2D eigenvalue weighted by Gasteiger charge is 2.24. The van der Waals surface area contributed by atoms with Crippen LogP contribution in [0.15, 0.2) is 54.1 Å². The summed E-state index contributed by atoms with van der Waals surface area (Å²) in [6, 6.07) is 10.9. The molecule has 1 aromatic carbocycles. The van der Waals surface area contributed by atoms with Crippen LogP contribution in [0.2, 0.25) is 0 Å². The standard InChI is InChI=1S/C20H25NO/c1-21(19-10-6-3-7-11-19)20(22)18-14-12-17(13-15-18)16-8-4-2-5-9-16/h2,4-5,8-9,12,14-15,17,19H,3,6-7,10-11,13H2,1H3. The summed E-state index contributed by atoms with van der Waals surface area (Å²) in [6.07, 6.45) is 13.4. The summed E-state index contributed by atoms with van der Waals surface area (Å²) in [7, 11) is 1.97. The predicted molar refractivity (Wildman–Crippen MR) is 90.7 cm³/mol. The molecule has 2 aliphatic rings. The van der Waals surface area contributed by atoms with E-state index in [0.29, 0.717) is 12.0 Å². The van der Waals surface area contributed by atoms with Crippen molar-refractivity contribution in [3.63, 3.8) is 0 Å². The predicted octanol–water partition coefficient (Wildman–Crippen LogP) is 4.45. The minimum Gasteiger partial charge on any atom is -0.339 e. The number of allylic oxidation sites excluding steroid dienone is 2. The molecular weight excluding hydrogens is 270 g/mol. The van der Waals surface area contributed by atoms with Crippen LogP contribution in [0.1, 0.15) is 50.0 Å². The quantitative estimate of drug-likeness (QED) is 0.807. The van der Waals surface area contributed by atoms with Crippen molar-refractivity contribution in [1.29, 1.82) is 0 Å². The smallest absolute Gasteiger partial charge is 0.253 e. The normalized spacial score (nSPS) is 22.2. The van der Waals surface area contributed by atoms with Crippen LogP contribution in [0.3, 0.4) is 0 Å². The molecule has 3 rings (SSSR count). The Hall–Kier alpha value is -1.83. The van der Waals surface area contributed by atoms with Gasteiger partial charge in [-0.05, 0) is 24.8 Å². The third-order valence-electron chi connectivity index (χ3n) is 5.02. The molecule has 1 fully saturated rings. The average molecular weight is 295 g/mol. The summed E-state index contributed by atoms with van der Waals surface area (Å²) in [5.74, 6) is 0.590. The van der Waals surface area contributed by atoms with Gasteiger partial charge in [-0.3, -0.25) is 4.79 Å². The van der Waals surface area contributed by atoms with Crippen molar-refractivity contribution in [3.05, 3.63) is 59.7 Å². The molecule has 0 spiro atoms. The zero-order valence-electron chi connectivity index (χ0n) is 13.4. The Balaban J connectivity index is 1.63. The molecule has 2 nitrogen and oxygen atoms in total. The van der Waals surface area contributed by atoms with E-state index >= 15 is 0 Å². The first-order chi connectivity index (χ1) is 10.8. The fourth-order valence-corrected chi connectivity index (χ4v) is 3.56. The molecule has 2 aliphatic carbocycles. The summed E-state index contributed by atoms with van der Waals surface area (Å²) in [5.41, 5.74) is 2.18. The molecule has 1 saturated carbocycles. The highest BCUT2D eigenvalue weighted by molar-refractivity contribution is 5.96. The Labute approximate surface area is 133 Å². The second-order valence-electron chi connectivity index (χ2n) is 6.48. The van der Waals surface area contributed by atoms with E-state index in [4.69, 9.17) is 0 Å². The number of hydrogen-bond acceptors (Lipinski definition) is 1. The first-order valence-corrected chi connectivity index (χ1v) is 8.46. The van der Waals surface area contributed by atoms with Crippen LogP contribution in [0.4, 0.5) is 0 Å². The first-order valence-electron chi connectivity index (χ1n) is 8.46. The van der Waals surface area contributed by atoms with Crippen molar-refractivity contribution < 1.29 is 4.79 Å². The average Bonchev–Trinajstić information content (AvgIpc) is 2.62. The second kappa shape index (κ2) is 6.95. The fourth-order valence-electron chi connectivity index (χ4n) is 3.56. The molecule has 1 atom stereocenters. The number of rotatable bonds is 3. The lowest BCUT2D eigenvalue weighted by molar-refractivity contribution is -0.128. The summed E-state index contributed by atoms with van der Waals surface area (Å²) >= 11 is 0. The Kier molecular flexibility index (Phi) is 4.77. The second-order valence-corrected chi connectivity index (χ2v) is 6.48. The van der Waals surface area contributed by atoms with Crippen molar-refractivity contribution in [3.8, 4) is 0 Å². The van der Waals surface area contributed by atoms with E-state index < -0.39 is 0 Å². The molecule has 116 valence electrons. The number of carbonyl (C=O) groups is 1. The summed E-state index contributed by atoms with van der Waals surface area (Å²) in [6.45, 7) is 0. The van der Waals surface area contributed by atoms with Gasteiger partial charge in [-0.2, -0.15) is 0 Å². The highest BCUT2D eigenvalue weighted by atomic mass is 16.2. The molecule has 0 N–H and O–H groups in total. The molecule has 0 heterocycles. The van der Waals surface area contributed by atoms with E-state index in [9.17, 15) is 4.79 Å². The van der Waals surface area contributed by atoms with E-state index in [1.165, 1.54) is 24.8 Å². The van der Waals surface area contributed by atoms with Gasteiger partial charge in [-0.25, -0.2) is 0 Å². The van der Waals surface area contributed by atoms with Gasteiger partial charge in [0.25, 0.3) is 5.91 Å². The van der Waals surface area contributed by atoms with Gasteiger partial charge in [0, 0.05) is 24.6 Å². The molecule has 22 heavy (non-hydrogen) atoms. The highest BCUT2D eigenvalue weighted by Crippen LogP contribution is 2.28. The monoisotopic (exact) mass is 295 g/mol. The Morgan fingerprint density at radius 3 is 2.45 bits per heavy atom. The van der Waals surface area contributed by atoms with E-state index in [0.717, 1.165) is 24.8 Å². The van der Waals surface area contributed by atoms with Crippen LogP contribution in [-0.2, 0) is 4.79 Å². The van der Waals surface area contributed by atoms with Crippen molar-refractivity contribution in [2.75, 3.05) is 7.05 Å². The number of hydrogen-bond donors (Lipinski definition) is 0. The van der Waals surface area contributed by atoms with E-state index in [-0.39, 0.29) is 5.91 Å². The number of carbonyl (C=O) groups excluding carboxylic acids is 1. The maximum Gasteiger partial charge on any atom is 0.253 e.